The molecule has 0 aromatic heterocycles. The number of carbonyl (C=O) groups is 1. The van der Waals surface area contributed by atoms with E-state index in [1.807, 2.05) is 48.5 Å². The van der Waals surface area contributed by atoms with Gasteiger partial charge in [-0.3, -0.25) is 4.79 Å². The van der Waals surface area contributed by atoms with Crippen molar-refractivity contribution in [1.29, 1.82) is 0 Å². The SMILES string of the molecule is COc1ccc(C2(C(=O)O)Cc3ccccc3C2)cc1. The lowest BCUT2D eigenvalue weighted by atomic mass is 9.78. The van der Waals surface area contributed by atoms with Gasteiger partial charge in [0.25, 0.3) is 0 Å². The van der Waals surface area contributed by atoms with Crippen molar-refractivity contribution in [2.24, 2.45) is 0 Å². The lowest BCUT2D eigenvalue weighted by Gasteiger charge is -2.24. The summed E-state index contributed by atoms with van der Waals surface area (Å²) in [6.07, 6.45) is 1.09. The molecule has 1 aliphatic rings. The topological polar surface area (TPSA) is 46.5 Å². The fourth-order valence-electron chi connectivity index (χ4n) is 3.00. The number of ether oxygens (including phenoxy) is 1. The molecule has 1 N–H and O–H groups in total. The molecule has 0 spiro atoms. The van der Waals surface area contributed by atoms with E-state index >= 15 is 0 Å². The Morgan fingerprint density at radius 3 is 2.05 bits per heavy atom. The highest BCUT2D eigenvalue weighted by atomic mass is 16.5. The molecule has 2 aromatic carbocycles. The molecule has 0 saturated carbocycles. The highest BCUT2D eigenvalue weighted by molar-refractivity contribution is 5.84. The third-order valence-corrected chi connectivity index (χ3v) is 4.15. The lowest BCUT2D eigenvalue weighted by molar-refractivity contribution is -0.143. The highest BCUT2D eigenvalue weighted by Gasteiger charge is 2.45. The highest BCUT2D eigenvalue weighted by Crippen LogP contribution is 2.40. The Morgan fingerprint density at radius 2 is 1.60 bits per heavy atom. The van der Waals surface area contributed by atoms with E-state index in [1.165, 1.54) is 0 Å². The molecule has 3 nitrogen and oxygen atoms in total. The van der Waals surface area contributed by atoms with Gasteiger partial charge in [-0.1, -0.05) is 36.4 Å². The van der Waals surface area contributed by atoms with Crippen molar-refractivity contribution in [2.45, 2.75) is 18.3 Å². The number of benzene rings is 2. The van der Waals surface area contributed by atoms with Gasteiger partial charge in [0, 0.05) is 0 Å². The zero-order chi connectivity index (χ0) is 14.2. The van der Waals surface area contributed by atoms with Gasteiger partial charge in [0.05, 0.1) is 7.11 Å². The molecule has 102 valence electrons. The van der Waals surface area contributed by atoms with Gasteiger partial charge in [0.15, 0.2) is 0 Å². The van der Waals surface area contributed by atoms with Crippen LogP contribution in [0, 0.1) is 0 Å². The van der Waals surface area contributed by atoms with Crippen LogP contribution < -0.4 is 4.74 Å². The molecule has 0 fully saturated rings. The maximum atomic E-state index is 11.9. The second-order valence-electron chi connectivity index (χ2n) is 5.24. The zero-order valence-corrected chi connectivity index (χ0v) is 11.3. The first-order chi connectivity index (χ1) is 9.65. The summed E-state index contributed by atoms with van der Waals surface area (Å²) in [5.74, 6) is -0.0244. The van der Waals surface area contributed by atoms with Gasteiger partial charge in [-0.25, -0.2) is 0 Å². The van der Waals surface area contributed by atoms with Crippen LogP contribution in [0.25, 0.3) is 0 Å². The number of fused-ring (bicyclic) bond motifs is 1. The van der Waals surface area contributed by atoms with E-state index in [2.05, 4.69) is 0 Å². The molecular formula is C17H16O3. The van der Waals surface area contributed by atoms with Crippen LogP contribution in [0.5, 0.6) is 5.75 Å². The Kier molecular flexibility index (Phi) is 2.97. The van der Waals surface area contributed by atoms with E-state index < -0.39 is 11.4 Å². The molecular weight excluding hydrogens is 252 g/mol. The fourth-order valence-corrected chi connectivity index (χ4v) is 3.00. The van der Waals surface area contributed by atoms with E-state index in [9.17, 15) is 9.90 Å². The number of carboxylic acid groups (broad SMARTS) is 1. The van der Waals surface area contributed by atoms with E-state index in [4.69, 9.17) is 4.74 Å². The normalized spacial score (nSPS) is 15.7. The minimum atomic E-state index is -0.851. The first-order valence-corrected chi connectivity index (χ1v) is 6.60. The number of aliphatic carboxylic acids is 1. The van der Waals surface area contributed by atoms with Gasteiger partial charge >= 0.3 is 5.97 Å². The third-order valence-electron chi connectivity index (χ3n) is 4.15. The van der Waals surface area contributed by atoms with Gasteiger partial charge < -0.3 is 9.84 Å². The summed E-state index contributed by atoms with van der Waals surface area (Å²) in [4.78, 5) is 11.9. The fraction of sp³-hybridized carbons (Fsp3) is 0.235. The Labute approximate surface area is 117 Å². The monoisotopic (exact) mass is 268 g/mol. The number of hydrogen-bond donors (Lipinski definition) is 1. The van der Waals surface area contributed by atoms with Crippen molar-refractivity contribution in [3.63, 3.8) is 0 Å². The number of methoxy groups -OCH3 is 1. The molecule has 0 aliphatic heterocycles. The second-order valence-corrected chi connectivity index (χ2v) is 5.24. The molecule has 3 rings (SSSR count). The van der Waals surface area contributed by atoms with Crippen molar-refractivity contribution in [3.8, 4) is 5.75 Å². The molecule has 0 radical (unpaired) electrons. The van der Waals surface area contributed by atoms with Crippen LogP contribution in [0.2, 0.25) is 0 Å². The molecule has 2 aromatic rings. The van der Waals surface area contributed by atoms with Crippen molar-refractivity contribution in [1.82, 2.24) is 0 Å². The van der Waals surface area contributed by atoms with E-state index in [0.29, 0.717) is 12.8 Å². The Balaban J connectivity index is 2.04. The summed E-state index contributed by atoms with van der Waals surface area (Å²) in [6.45, 7) is 0. The van der Waals surface area contributed by atoms with E-state index in [-0.39, 0.29) is 0 Å². The van der Waals surface area contributed by atoms with Crippen LogP contribution in [0.3, 0.4) is 0 Å². The number of rotatable bonds is 3. The smallest absolute Gasteiger partial charge is 0.314 e. The first kappa shape index (κ1) is 12.7. The maximum absolute atomic E-state index is 11.9. The predicted octanol–water partition coefficient (Wildman–Crippen LogP) is 2.82. The molecule has 0 unspecified atom stereocenters. The lowest BCUT2D eigenvalue weighted by Crippen LogP contribution is -2.36. The van der Waals surface area contributed by atoms with Gasteiger partial charge in [-0.15, -0.1) is 0 Å². The molecule has 0 saturated heterocycles. The van der Waals surface area contributed by atoms with Crippen LogP contribution in [-0.2, 0) is 23.1 Å². The summed E-state index contributed by atoms with van der Waals surface area (Å²) >= 11 is 0. The third kappa shape index (κ3) is 1.86. The number of carboxylic acids is 1. The summed E-state index contributed by atoms with van der Waals surface area (Å²) in [6, 6.07) is 15.3. The van der Waals surface area contributed by atoms with Crippen molar-refractivity contribution in [2.75, 3.05) is 7.11 Å². The minimum absolute atomic E-state index is 0.546. The van der Waals surface area contributed by atoms with Crippen LogP contribution >= 0.6 is 0 Å². The van der Waals surface area contributed by atoms with Crippen LogP contribution in [0.1, 0.15) is 16.7 Å². The van der Waals surface area contributed by atoms with Gasteiger partial charge in [-0.05, 0) is 41.7 Å². The van der Waals surface area contributed by atoms with Gasteiger partial charge in [0.1, 0.15) is 11.2 Å². The molecule has 0 heterocycles. The van der Waals surface area contributed by atoms with E-state index in [0.717, 1.165) is 22.4 Å². The standard InChI is InChI=1S/C17H16O3/c1-20-15-8-6-14(7-9-15)17(16(18)19)10-12-4-2-3-5-13(12)11-17/h2-9H,10-11H2,1H3,(H,18,19). The van der Waals surface area contributed by atoms with Crippen molar-refractivity contribution < 1.29 is 14.6 Å². The summed E-state index contributed by atoms with van der Waals surface area (Å²) in [7, 11) is 1.60. The molecule has 0 atom stereocenters. The summed E-state index contributed by atoms with van der Waals surface area (Å²) in [5, 5.41) is 9.78. The Morgan fingerprint density at radius 1 is 1.05 bits per heavy atom. The summed E-state index contributed by atoms with van der Waals surface area (Å²) in [5.41, 5.74) is 2.24. The minimum Gasteiger partial charge on any atom is -0.497 e. The largest absolute Gasteiger partial charge is 0.497 e. The molecule has 0 amide bonds. The second kappa shape index (κ2) is 4.67. The first-order valence-electron chi connectivity index (χ1n) is 6.60. The average Bonchev–Trinajstić information content (AvgIpc) is 2.88. The number of hydrogen-bond acceptors (Lipinski definition) is 2. The molecule has 0 bridgehead atoms. The average molecular weight is 268 g/mol. The predicted molar refractivity (Wildman–Crippen MR) is 76.2 cm³/mol. The zero-order valence-electron chi connectivity index (χ0n) is 11.3. The van der Waals surface area contributed by atoms with Crippen LogP contribution in [0.15, 0.2) is 48.5 Å². The Bertz CT molecular complexity index is 619. The quantitative estimate of drug-likeness (QED) is 0.931. The summed E-state index contributed by atoms with van der Waals surface area (Å²) < 4.78 is 5.14. The maximum Gasteiger partial charge on any atom is 0.314 e. The molecule has 3 heteroatoms. The van der Waals surface area contributed by atoms with Crippen molar-refractivity contribution >= 4 is 5.97 Å². The van der Waals surface area contributed by atoms with Gasteiger partial charge in [-0.2, -0.15) is 0 Å². The van der Waals surface area contributed by atoms with Crippen molar-refractivity contribution in [3.05, 3.63) is 65.2 Å². The molecule has 1 aliphatic carbocycles. The van der Waals surface area contributed by atoms with E-state index in [1.54, 1.807) is 7.11 Å². The van der Waals surface area contributed by atoms with Gasteiger partial charge in [0.2, 0.25) is 0 Å². The molecule has 20 heavy (non-hydrogen) atoms. The van der Waals surface area contributed by atoms with Crippen LogP contribution in [-0.4, -0.2) is 18.2 Å². The van der Waals surface area contributed by atoms with Crippen LogP contribution in [0.4, 0.5) is 0 Å². The Hall–Kier alpha value is -2.29.